The molecule has 130 valence electrons. The number of amides is 1. The third-order valence-corrected chi connectivity index (χ3v) is 5.12. The summed E-state index contributed by atoms with van der Waals surface area (Å²) in [5.74, 6) is 0.148. The molecule has 0 aromatic carbocycles. The zero-order valence-corrected chi connectivity index (χ0v) is 14.0. The van der Waals surface area contributed by atoms with E-state index in [9.17, 15) is 9.18 Å². The molecule has 1 atom stereocenters. The Bertz CT molecular complexity index is 770. The predicted octanol–water partition coefficient (Wildman–Crippen LogP) is 0.938. The highest BCUT2D eigenvalue weighted by Gasteiger charge is 2.48. The van der Waals surface area contributed by atoms with Crippen LogP contribution >= 0.6 is 0 Å². The third kappa shape index (κ3) is 2.82. The van der Waals surface area contributed by atoms with Crippen molar-refractivity contribution in [3.8, 4) is 0 Å². The molecule has 25 heavy (non-hydrogen) atoms. The normalized spacial score (nSPS) is 24.3. The lowest BCUT2D eigenvalue weighted by atomic mass is 9.92. The molecule has 2 fully saturated rings. The molecule has 0 bridgehead atoms. The van der Waals surface area contributed by atoms with Crippen molar-refractivity contribution in [3.63, 3.8) is 0 Å². The van der Waals surface area contributed by atoms with Gasteiger partial charge in [0.25, 0.3) is 0 Å². The lowest BCUT2D eigenvalue weighted by Crippen LogP contribution is -2.64. The van der Waals surface area contributed by atoms with Gasteiger partial charge in [-0.2, -0.15) is 0 Å². The third-order valence-electron chi connectivity index (χ3n) is 5.12. The van der Waals surface area contributed by atoms with Crippen molar-refractivity contribution in [1.29, 1.82) is 0 Å². The number of likely N-dealkylation sites (N-methyl/N-ethyl adjacent to an activating group) is 1. The highest BCUT2D eigenvalue weighted by Crippen LogP contribution is 2.34. The van der Waals surface area contributed by atoms with Crippen LogP contribution in [0.15, 0.2) is 36.9 Å². The van der Waals surface area contributed by atoms with Crippen LogP contribution in [0.2, 0.25) is 0 Å². The Hall–Kier alpha value is -2.61. The van der Waals surface area contributed by atoms with E-state index in [0.717, 1.165) is 18.7 Å². The van der Waals surface area contributed by atoms with Crippen LogP contribution in [-0.4, -0.2) is 64.5 Å². The number of rotatable bonds is 2. The number of pyridine rings is 1. The summed E-state index contributed by atoms with van der Waals surface area (Å²) >= 11 is 0. The number of hydrogen-bond donors (Lipinski definition) is 0. The van der Waals surface area contributed by atoms with Crippen LogP contribution in [0.1, 0.15) is 6.42 Å². The van der Waals surface area contributed by atoms with Crippen LogP contribution in [0.25, 0.3) is 0 Å². The molecule has 0 N–H and O–H groups in total. The first kappa shape index (κ1) is 15.9. The summed E-state index contributed by atoms with van der Waals surface area (Å²) in [7, 11) is 1.98. The molecule has 4 heterocycles. The summed E-state index contributed by atoms with van der Waals surface area (Å²) in [6.07, 6.45) is 6.66. The van der Waals surface area contributed by atoms with Gasteiger partial charge in [-0.1, -0.05) is 0 Å². The molecule has 0 unspecified atom stereocenters. The summed E-state index contributed by atoms with van der Waals surface area (Å²) in [5.41, 5.74) is 0.637. The Morgan fingerprint density at radius 1 is 1.20 bits per heavy atom. The molecule has 8 heteroatoms. The Labute approximate surface area is 145 Å². The van der Waals surface area contributed by atoms with Crippen LogP contribution in [-0.2, 0) is 4.79 Å². The molecule has 2 aromatic rings. The van der Waals surface area contributed by atoms with Crippen molar-refractivity contribution >= 4 is 17.5 Å². The Kier molecular flexibility index (Phi) is 3.84. The number of piperazine rings is 1. The van der Waals surface area contributed by atoms with E-state index < -0.39 is 5.82 Å². The van der Waals surface area contributed by atoms with Crippen molar-refractivity contribution in [2.24, 2.45) is 0 Å². The molecule has 7 nitrogen and oxygen atoms in total. The maximum Gasteiger partial charge on any atom is 0.241 e. The maximum atomic E-state index is 13.1. The maximum absolute atomic E-state index is 13.1. The van der Waals surface area contributed by atoms with Gasteiger partial charge in [0, 0.05) is 25.8 Å². The fourth-order valence-corrected chi connectivity index (χ4v) is 3.64. The second kappa shape index (κ2) is 6.03. The molecule has 2 saturated heterocycles. The van der Waals surface area contributed by atoms with Gasteiger partial charge in [0.05, 0.1) is 36.4 Å². The van der Waals surface area contributed by atoms with Gasteiger partial charge >= 0.3 is 0 Å². The average molecular weight is 342 g/mol. The fourth-order valence-electron chi connectivity index (χ4n) is 3.64. The summed E-state index contributed by atoms with van der Waals surface area (Å²) in [4.78, 5) is 30.8. The van der Waals surface area contributed by atoms with E-state index in [4.69, 9.17) is 0 Å². The van der Waals surface area contributed by atoms with E-state index in [1.807, 2.05) is 29.0 Å². The molecule has 0 radical (unpaired) electrons. The van der Waals surface area contributed by atoms with Gasteiger partial charge in [0.1, 0.15) is 0 Å². The Balaban J connectivity index is 1.58. The topological polar surface area (TPSA) is 65.5 Å². The van der Waals surface area contributed by atoms with Gasteiger partial charge in [0.15, 0.2) is 5.82 Å². The molecule has 2 aromatic heterocycles. The van der Waals surface area contributed by atoms with Crippen LogP contribution in [0, 0.1) is 5.82 Å². The van der Waals surface area contributed by atoms with Gasteiger partial charge in [-0.25, -0.2) is 14.4 Å². The van der Waals surface area contributed by atoms with Gasteiger partial charge in [-0.3, -0.25) is 14.7 Å². The first-order valence-corrected chi connectivity index (χ1v) is 8.22. The van der Waals surface area contributed by atoms with Crippen molar-refractivity contribution in [2.75, 3.05) is 43.0 Å². The fraction of sp³-hybridized carbons (Fsp3) is 0.412. The zero-order chi connectivity index (χ0) is 17.4. The summed E-state index contributed by atoms with van der Waals surface area (Å²) < 4.78 is 13.1. The van der Waals surface area contributed by atoms with Crippen LogP contribution in [0.4, 0.5) is 16.0 Å². The number of halogens is 1. The summed E-state index contributed by atoms with van der Waals surface area (Å²) in [6.45, 7) is 2.41. The number of hydrogen-bond acceptors (Lipinski definition) is 6. The highest BCUT2D eigenvalue weighted by molar-refractivity contribution is 5.95. The van der Waals surface area contributed by atoms with Crippen molar-refractivity contribution in [3.05, 3.63) is 42.7 Å². The van der Waals surface area contributed by atoms with Crippen molar-refractivity contribution in [2.45, 2.75) is 12.0 Å². The van der Waals surface area contributed by atoms with Gasteiger partial charge in [-0.05, 0) is 25.6 Å². The smallest absolute Gasteiger partial charge is 0.241 e. The Morgan fingerprint density at radius 3 is 2.72 bits per heavy atom. The average Bonchev–Trinajstić information content (AvgIpc) is 3.05. The lowest BCUT2D eigenvalue weighted by Gasteiger charge is -2.46. The van der Waals surface area contributed by atoms with Gasteiger partial charge in [0.2, 0.25) is 11.9 Å². The number of carbonyl (C=O) groups is 1. The minimum absolute atomic E-state index is 0.0672. The SMILES string of the molecule is CN1CC(=O)N(c2cccnc2)C[C@]12CCN(c1ncc(F)cn1)C2. The highest BCUT2D eigenvalue weighted by atomic mass is 19.1. The standard InChI is InChI=1S/C17H19FN6O/c1-22-10-15(25)24(14-3-2-5-19-9-14)12-17(22)4-6-23(11-17)16-20-7-13(18)8-21-16/h2-3,5,7-9H,4,6,10-12H2,1H3/t17-/m1/s1. The summed E-state index contributed by atoms with van der Waals surface area (Å²) in [5, 5.41) is 0. The van der Waals surface area contributed by atoms with Crippen LogP contribution in [0.3, 0.4) is 0 Å². The molecule has 4 rings (SSSR count). The molecule has 1 amide bonds. The lowest BCUT2D eigenvalue weighted by molar-refractivity contribution is -0.123. The number of carbonyl (C=O) groups excluding carboxylic acids is 1. The van der Waals surface area contributed by atoms with Gasteiger partial charge in [-0.15, -0.1) is 0 Å². The number of aromatic nitrogens is 3. The molecular weight excluding hydrogens is 323 g/mol. The minimum atomic E-state index is -0.444. The molecule has 2 aliphatic heterocycles. The van der Waals surface area contributed by atoms with E-state index in [-0.39, 0.29) is 11.4 Å². The Morgan fingerprint density at radius 2 is 2.00 bits per heavy atom. The molecule has 0 aliphatic carbocycles. The molecule has 0 saturated carbocycles. The van der Waals surface area contributed by atoms with Crippen molar-refractivity contribution in [1.82, 2.24) is 19.9 Å². The second-order valence-electron chi connectivity index (χ2n) is 6.64. The van der Waals surface area contributed by atoms with E-state index >= 15 is 0 Å². The van der Waals surface area contributed by atoms with E-state index in [1.54, 1.807) is 12.4 Å². The first-order valence-electron chi connectivity index (χ1n) is 8.22. The van der Waals surface area contributed by atoms with Crippen LogP contribution < -0.4 is 9.80 Å². The van der Waals surface area contributed by atoms with Gasteiger partial charge < -0.3 is 9.80 Å². The van der Waals surface area contributed by atoms with E-state index in [0.29, 0.717) is 25.6 Å². The predicted molar refractivity (Wildman–Crippen MR) is 90.8 cm³/mol. The molecular formula is C17H19FN6O. The minimum Gasteiger partial charge on any atom is -0.339 e. The monoisotopic (exact) mass is 342 g/mol. The largest absolute Gasteiger partial charge is 0.339 e. The second-order valence-corrected chi connectivity index (χ2v) is 6.64. The number of nitrogens with zero attached hydrogens (tertiary/aromatic N) is 6. The van der Waals surface area contributed by atoms with E-state index in [1.165, 1.54) is 12.4 Å². The van der Waals surface area contributed by atoms with Crippen LogP contribution in [0.5, 0.6) is 0 Å². The first-order chi connectivity index (χ1) is 12.1. The van der Waals surface area contributed by atoms with E-state index in [2.05, 4.69) is 19.9 Å². The zero-order valence-electron chi connectivity index (χ0n) is 14.0. The van der Waals surface area contributed by atoms with Crippen molar-refractivity contribution < 1.29 is 9.18 Å². The molecule has 2 aliphatic rings. The number of anilines is 2. The molecule has 1 spiro atoms. The quantitative estimate of drug-likeness (QED) is 0.809. The summed E-state index contributed by atoms with van der Waals surface area (Å²) in [6, 6.07) is 3.74.